The van der Waals surface area contributed by atoms with Crippen LogP contribution in [0.1, 0.15) is 53.9 Å². The van der Waals surface area contributed by atoms with Crippen molar-refractivity contribution in [2.75, 3.05) is 26.3 Å². The molecule has 0 aromatic heterocycles. The fourth-order valence-corrected chi connectivity index (χ4v) is 2.83. The lowest BCUT2D eigenvalue weighted by atomic mass is 9.72. The smallest absolute Gasteiger partial charge is 0.326 e. The maximum Gasteiger partial charge on any atom is 0.326 e. The fraction of sp³-hybridized carbons (Fsp3) is 0.882. The number of aliphatic hydroxyl groups is 1. The third-order valence-corrected chi connectivity index (χ3v) is 5.51. The van der Waals surface area contributed by atoms with Crippen LogP contribution in [-0.4, -0.2) is 60.5 Å². The zero-order valence-corrected chi connectivity index (χ0v) is 14.8. The lowest BCUT2D eigenvalue weighted by molar-refractivity contribution is -0.0898. The largest absolute Gasteiger partial charge is 0.427 e. The van der Waals surface area contributed by atoms with E-state index >= 15 is 0 Å². The van der Waals surface area contributed by atoms with Gasteiger partial charge in [0, 0.05) is 18.6 Å². The molecule has 1 aliphatic carbocycles. The molecular weight excluding hydrogens is 277 g/mol. The summed E-state index contributed by atoms with van der Waals surface area (Å²) in [6.45, 7) is 13.5. The second-order valence-electron chi connectivity index (χ2n) is 7.88. The highest BCUT2D eigenvalue weighted by atomic mass is 16.5. The number of ether oxygens (including phenoxy) is 1. The first-order valence-corrected chi connectivity index (χ1v) is 8.39. The number of morpholine rings is 1. The maximum absolute atomic E-state index is 10.1. The Morgan fingerprint density at radius 1 is 1.27 bits per heavy atom. The Hall–Kier alpha value is -0.355. The van der Waals surface area contributed by atoms with Crippen molar-refractivity contribution in [1.29, 1.82) is 0 Å². The third-order valence-electron chi connectivity index (χ3n) is 5.51. The van der Waals surface area contributed by atoms with Crippen LogP contribution in [0.15, 0.2) is 11.5 Å². The van der Waals surface area contributed by atoms with Crippen LogP contribution in [0, 0.1) is 0 Å². The molecular formula is C17H31BNO3. The standard InChI is InChI=1S/C17H31BNO3/c1-15(2,20)16(3,4)22-18-14-6-8-17(5,9-7-14)19-10-12-21-13-11-19/h6,20H,7-13H2,1-5H3. The molecule has 1 radical (unpaired) electrons. The van der Waals surface area contributed by atoms with Crippen molar-refractivity contribution >= 4 is 7.48 Å². The van der Waals surface area contributed by atoms with Crippen LogP contribution in [-0.2, 0) is 9.39 Å². The van der Waals surface area contributed by atoms with Crippen LogP contribution < -0.4 is 0 Å². The summed E-state index contributed by atoms with van der Waals surface area (Å²) in [5.74, 6) is 0. The molecule has 1 N–H and O–H groups in total. The van der Waals surface area contributed by atoms with E-state index in [2.05, 4.69) is 17.9 Å². The molecule has 1 atom stereocenters. The molecule has 1 aliphatic heterocycles. The molecule has 1 fully saturated rings. The molecule has 22 heavy (non-hydrogen) atoms. The van der Waals surface area contributed by atoms with Gasteiger partial charge in [-0.25, -0.2) is 0 Å². The van der Waals surface area contributed by atoms with Gasteiger partial charge in [-0.2, -0.15) is 0 Å². The Balaban J connectivity index is 1.89. The first-order chi connectivity index (χ1) is 10.1. The van der Waals surface area contributed by atoms with Crippen LogP contribution in [0.3, 0.4) is 0 Å². The first kappa shape index (κ1) is 18.0. The molecule has 1 heterocycles. The van der Waals surface area contributed by atoms with Gasteiger partial charge in [0.1, 0.15) is 0 Å². The molecule has 0 bridgehead atoms. The molecule has 1 saturated heterocycles. The van der Waals surface area contributed by atoms with E-state index in [1.807, 2.05) is 21.3 Å². The van der Waals surface area contributed by atoms with Gasteiger partial charge in [0.2, 0.25) is 0 Å². The Bertz CT molecular complexity index is 411. The average Bonchev–Trinajstić information content (AvgIpc) is 2.46. The predicted molar refractivity (Wildman–Crippen MR) is 89.9 cm³/mol. The van der Waals surface area contributed by atoms with E-state index in [0.29, 0.717) is 0 Å². The van der Waals surface area contributed by atoms with Crippen LogP contribution >= 0.6 is 0 Å². The van der Waals surface area contributed by atoms with Gasteiger partial charge in [-0.1, -0.05) is 11.5 Å². The summed E-state index contributed by atoms with van der Waals surface area (Å²) in [5, 5.41) is 10.1. The van der Waals surface area contributed by atoms with Gasteiger partial charge < -0.3 is 14.5 Å². The summed E-state index contributed by atoms with van der Waals surface area (Å²) in [6.07, 6.45) is 5.50. The molecule has 0 saturated carbocycles. The summed E-state index contributed by atoms with van der Waals surface area (Å²) in [5.41, 5.74) is 0.00951. The number of allylic oxidation sites excluding steroid dienone is 1. The topological polar surface area (TPSA) is 41.9 Å². The van der Waals surface area contributed by atoms with Gasteiger partial charge >= 0.3 is 7.48 Å². The molecule has 0 aromatic rings. The van der Waals surface area contributed by atoms with Gasteiger partial charge in [0.15, 0.2) is 0 Å². The zero-order valence-electron chi connectivity index (χ0n) is 14.8. The summed E-state index contributed by atoms with van der Waals surface area (Å²) >= 11 is 0. The van der Waals surface area contributed by atoms with Crippen molar-refractivity contribution in [2.24, 2.45) is 0 Å². The van der Waals surface area contributed by atoms with E-state index in [1.54, 1.807) is 13.8 Å². The third kappa shape index (κ3) is 4.13. The number of rotatable bonds is 5. The van der Waals surface area contributed by atoms with E-state index in [1.165, 1.54) is 5.47 Å². The summed E-state index contributed by atoms with van der Waals surface area (Å²) in [6, 6.07) is 0. The quantitative estimate of drug-likeness (QED) is 0.792. The molecule has 5 heteroatoms. The van der Waals surface area contributed by atoms with Crippen LogP contribution in [0.25, 0.3) is 0 Å². The number of hydrogen-bond donors (Lipinski definition) is 1. The Morgan fingerprint density at radius 3 is 2.41 bits per heavy atom. The average molecular weight is 308 g/mol. The van der Waals surface area contributed by atoms with Crippen molar-refractivity contribution in [3.63, 3.8) is 0 Å². The van der Waals surface area contributed by atoms with Gasteiger partial charge in [-0.05, 0) is 53.9 Å². The Labute approximate surface area is 136 Å². The molecule has 0 amide bonds. The highest BCUT2D eigenvalue weighted by Crippen LogP contribution is 2.34. The summed E-state index contributed by atoms with van der Waals surface area (Å²) in [7, 11) is 1.84. The van der Waals surface area contributed by atoms with Gasteiger partial charge in [0.25, 0.3) is 0 Å². The number of hydrogen-bond acceptors (Lipinski definition) is 4. The maximum atomic E-state index is 10.1. The van der Waals surface area contributed by atoms with Crippen LogP contribution in [0.2, 0.25) is 0 Å². The van der Waals surface area contributed by atoms with E-state index in [-0.39, 0.29) is 5.54 Å². The van der Waals surface area contributed by atoms with Crippen molar-refractivity contribution in [2.45, 2.75) is 70.6 Å². The molecule has 0 spiro atoms. The number of nitrogens with zero attached hydrogens (tertiary/aromatic N) is 1. The minimum absolute atomic E-state index is 0.243. The fourth-order valence-electron chi connectivity index (χ4n) is 2.83. The highest BCUT2D eigenvalue weighted by molar-refractivity contribution is 6.38. The molecule has 125 valence electrons. The van der Waals surface area contributed by atoms with Crippen molar-refractivity contribution in [1.82, 2.24) is 4.90 Å². The van der Waals surface area contributed by atoms with Crippen molar-refractivity contribution in [3.05, 3.63) is 11.5 Å². The first-order valence-electron chi connectivity index (χ1n) is 8.39. The van der Waals surface area contributed by atoms with Gasteiger partial charge in [-0.15, -0.1) is 0 Å². The summed E-state index contributed by atoms with van der Waals surface area (Å²) in [4.78, 5) is 2.56. The second-order valence-corrected chi connectivity index (χ2v) is 7.88. The minimum Gasteiger partial charge on any atom is -0.427 e. The SMILES string of the molecule is CC1(N2CCOCC2)CC=C([B]OC(C)(C)C(C)(C)O)CC1. The van der Waals surface area contributed by atoms with E-state index in [9.17, 15) is 5.11 Å². The van der Waals surface area contributed by atoms with E-state index < -0.39 is 11.2 Å². The summed E-state index contributed by atoms with van der Waals surface area (Å²) < 4.78 is 11.3. The molecule has 4 nitrogen and oxygen atoms in total. The van der Waals surface area contributed by atoms with E-state index in [0.717, 1.165) is 45.6 Å². The molecule has 0 aromatic carbocycles. The predicted octanol–water partition coefficient (Wildman–Crippen LogP) is 2.33. The Kier molecular flexibility index (Phi) is 5.43. The van der Waals surface area contributed by atoms with Crippen LogP contribution in [0.5, 0.6) is 0 Å². The molecule has 2 aliphatic rings. The minimum atomic E-state index is -0.874. The van der Waals surface area contributed by atoms with Gasteiger partial charge in [0.05, 0.1) is 24.4 Å². The highest BCUT2D eigenvalue weighted by Gasteiger charge is 2.37. The van der Waals surface area contributed by atoms with Crippen molar-refractivity contribution in [3.8, 4) is 0 Å². The second kappa shape index (κ2) is 6.64. The molecule has 1 unspecified atom stereocenters. The monoisotopic (exact) mass is 308 g/mol. The van der Waals surface area contributed by atoms with E-state index in [4.69, 9.17) is 9.39 Å². The van der Waals surface area contributed by atoms with Crippen molar-refractivity contribution < 1.29 is 14.5 Å². The normalized spacial score (nSPS) is 28.4. The Morgan fingerprint density at radius 2 is 1.91 bits per heavy atom. The lowest BCUT2D eigenvalue weighted by Gasteiger charge is -2.45. The van der Waals surface area contributed by atoms with Crippen LogP contribution in [0.4, 0.5) is 0 Å². The lowest BCUT2D eigenvalue weighted by Crippen LogP contribution is -2.52. The van der Waals surface area contributed by atoms with Gasteiger partial charge in [-0.3, -0.25) is 4.90 Å². The zero-order chi connectivity index (χ0) is 16.4. The molecule has 2 rings (SSSR count).